The lowest BCUT2D eigenvalue weighted by atomic mass is 9.75. The summed E-state index contributed by atoms with van der Waals surface area (Å²) in [7, 11) is 1.62. The number of aromatic nitrogens is 4. The molecule has 1 aromatic carbocycles. The lowest BCUT2D eigenvalue weighted by Crippen LogP contribution is -2.29. The van der Waals surface area contributed by atoms with Crippen LogP contribution in [0.1, 0.15) is 47.7 Å². The lowest BCUT2D eigenvalue weighted by Gasteiger charge is -2.30. The van der Waals surface area contributed by atoms with Crippen LogP contribution in [0.3, 0.4) is 0 Å². The summed E-state index contributed by atoms with van der Waals surface area (Å²) in [4.78, 5) is 30.7. The fraction of sp³-hybridized carbons (Fsp3) is 0.381. The first-order valence-corrected chi connectivity index (χ1v) is 9.26. The van der Waals surface area contributed by atoms with Gasteiger partial charge in [0, 0.05) is 11.8 Å². The number of carbonyl (C=O) groups is 1. The SMILES string of the molecule is COc1cccc2c(C)nc(Nc3nc(C)c4c(n3)CC(C)(C)CC4=O)nc12. The van der Waals surface area contributed by atoms with Gasteiger partial charge >= 0.3 is 0 Å². The largest absolute Gasteiger partial charge is 0.494 e. The third-order valence-electron chi connectivity index (χ3n) is 5.05. The number of anilines is 2. The van der Waals surface area contributed by atoms with Crippen molar-refractivity contribution in [2.24, 2.45) is 5.41 Å². The number of fused-ring (bicyclic) bond motifs is 2. The second-order valence-corrected chi connectivity index (χ2v) is 8.01. The fourth-order valence-corrected chi connectivity index (χ4v) is 3.82. The Hall–Kier alpha value is -3.09. The van der Waals surface area contributed by atoms with Gasteiger partial charge in [-0.3, -0.25) is 10.1 Å². The summed E-state index contributed by atoms with van der Waals surface area (Å²) < 4.78 is 5.43. The average molecular weight is 377 g/mol. The number of ketones is 1. The van der Waals surface area contributed by atoms with Crippen LogP contribution < -0.4 is 10.1 Å². The van der Waals surface area contributed by atoms with E-state index in [2.05, 4.69) is 39.1 Å². The molecule has 0 spiro atoms. The Morgan fingerprint density at radius 3 is 2.46 bits per heavy atom. The van der Waals surface area contributed by atoms with E-state index in [0.29, 0.717) is 35.3 Å². The smallest absolute Gasteiger partial charge is 0.230 e. The summed E-state index contributed by atoms with van der Waals surface area (Å²) >= 11 is 0. The third kappa shape index (κ3) is 3.17. The third-order valence-corrected chi connectivity index (χ3v) is 5.05. The summed E-state index contributed by atoms with van der Waals surface area (Å²) in [6.07, 6.45) is 1.25. The van der Waals surface area contributed by atoms with Gasteiger partial charge in [0.05, 0.1) is 29.8 Å². The van der Waals surface area contributed by atoms with Crippen LogP contribution >= 0.6 is 0 Å². The monoisotopic (exact) mass is 377 g/mol. The Labute approximate surface area is 163 Å². The Bertz CT molecular complexity index is 1110. The zero-order valence-corrected chi connectivity index (χ0v) is 16.8. The maximum Gasteiger partial charge on any atom is 0.230 e. The number of carbonyl (C=O) groups excluding carboxylic acids is 1. The van der Waals surface area contributed by atoms with Crippen molar-refractivity contribution in [3.63, 3.8) is 0 Å². The lowest BCUT2D eigenvalue weighted by molar-refractivity contribution is 0.0909. The van der Waals surface area contributed by atoms with Crippen LogP contribution in [0.2, 0.25) is 0 Å². The van der Waals surface area contributed by atoms with Gasteiger partial charge in [-0.2, -0.15) is 0 Å². The second kappa shape index (κ2) is 6.51. The first kappa shape index (κ1) is 18.3. The highest BCUT2D eigenvalue weighted by atomic mass is 16.5. The first-order valence-electron chi connectivity index (χ1n) is 9.26. The molecule has 2 heterocycles. The van der Waals surface area contributed by atoms with Crippen LogP contribution in [-0.2, 0) is 6.42 Å². The molecule has 7 heteroatoms. The molecule has 0 atom stereocenters. The zero-order chi connectivity index (χ0) is 20.1. The van der Waals surface area contributed by atoms with E-state index in [9.17, 15) is 4.79 Å². The predicted molar refractivity (Wildman–Crippen MR) is 107 cm³/mol. The van der Waals surface area contributed by atoms with Crippen LogP contribution in [-0.4, -0.2) is 32.8 Å². The Balaban J connectivity index is 1.76. The molecule has 1 aliphatic rings. The minimum Gasteiger partial charge on any atom is -0.494 e. The molecule has 28 heavy (non-hydrogen) atoms. The molecule has 7 nitrogen and oxygen atoms in total. The van der Waals surface area contributed by atoms with Crippen LogP contribution in [0.25, 0.3) is 10.9 Å². The zero-order valence-electron chi connectivity index (χ0n) is 16.8. The van der Waals surface area contributed by atoms with E-state index in [0.717, 1.165) is 28.7 Å². The van der Waals surface area contributed by atoms with E-state index < -0.39 is 0 Å². The van der Waals surface area contributed by atoms with E-state index in [1.165, 1.54) is 0 Å². The summed E-state index contributed by atoms with van der Waals surface area (Å²) in [5.41, 5.74) is 3.57. The number of para-hydroxylation sites is 1. The maximum absolute atomic E-state index is 12.5. The summed E-state index contributed by atoms with van der Waals surface area (Å²) in [6.45, 7) is 7.94. The van der Waals surface area contributed by atoms with Crippen molar-refractivity contribution in [1.29, 1.82) is 0 Å². The number of hydrogen-bond donors (Lipinski definition) is 1. The van der Waals surface area contributed by atoms with Crippen molar-refractivity contribution in [3.8, 4) is 5.75 Å². The van der Waals surface area contributed by atoms with Crippen molar-refractivity contribution in [2.75, 3.05) is 12.4 Å². The van der Waals surface area contributed by atoms with E-state index in [1.807, 2.05) is 32.0 Å². The number of aryl methyl sites for hydroxylation is 2. The van der Waals surface area contributed by atoms with Crippen molar-refractivity contribution in [3.05, 3.63) is 40.8 Å². The number of benzene rings is 1. The highest BCUT2D eigenvalue weighted by Crippen LogP contribution is 2.35. The normalized spacial score (nSPS) is 15.4. The molecule has 144 valence electrons. The van der Waals surface area contributed by atoms with Gasteiger partial charge in [-0.15, -0.1) is 0 Å². The van der Waals surface area contributed by atoms with E-state index in [-0.39, 0.29) is 11.2 Å². The summed E-state index contributed by atoms with van der Waals surface area (Å²) in [5, 5.41) is 4.04. The summed E-state index contributed by atoms with van der Waals surface area (Å²) in [6, 6.07) is 5.75. The molecule has 3 aromatic rings. The molecule has 1 N–H and O–H groups in total. The fourth-order valence-electron chi connectivity index (χ4n) is 3.82. The van der Waals surface area contributed by atoms with Crippen molar-refractivity contribution in [1.82, 2.24) is 19.9 Å². The number of nitrogens with one attached hydrogen (secondary N) is 1. The second-order valence-electron chi connectivity index (χ2n) is 8.01. The Morgan fingerprint density at radius 1 is 1.00 bits per heavy atom. The average Bonchev–Trinajstić information content (AvgIpc) is 2.59. The van der Waals surface area contributed by atoms with Gasteiger partial charge in [0.25, 0.3) is 0 Å². The van der Waals surface area contributed by atoms with E-state index in [4.69, 9.17) is 4.74 Å². The predicted octanol–water partition coefficient (Wildman–Crippen LogP) is 3.94. The molecular weight excluding hydrogens is 354 g/mol. The molecule has 0 amide bonds. The molecule has 0 saturated carbocycles. The maximum atomic E-state index is 12.5. The van der Waals surface area contributed by atoms with E-state index >= 15 is 0 Å². The molecule has 2 aromatic heterocycles. The molecule has 0 bridgehead atoms. The standard InChI is InChI=1S/C21H23N5O2/c1-11-13-7-6-8-16(28-5)18(13)25-20(22-11)26-19-23-12(2)17-14(24-19)9-21(3,4)10-15(17)27/h6-8H,9-10H2,1-5H3,(H,22,23,24,25,26). The van der Waals surface area contributed by atoms with Crippen LogP contribution in [0.15, 0.2) is 18.2 Å². The van der Waals surface area contributed by atoms with Crippen LogP contribution in [0.5, 0.6) is 5.75 Å². The number of hydrogen-bond acceptors (Lipinski definition) is 7. The van der Waals surface area contributed by atoms with Gasteiger partial charge in [0.2, 0.25) is 11.9 Å². The number of methoxy groups -OCH3 is 1. The van der Waals surface area contributed by atoms with Gasteiger partial charge < -0.3 is 4.74 Å². The molecular formula is C21H23N5O2. The topological polar surface area (TPSA) is 89.9 Å². The van der Waals surface area contributed by atoms with Gasteiger partial charge in [-0.1, -0.05) is 26.0 Å². The molecule has 0 radical (unpaired) electrons. The Morgan fingerprint density at radius 2 is 1.71 bits per heavy atom. The van der Waals surface area contributed by atoms with Gasteiger partial charge in [0.1, 0.15) is 11.3 Å². The highest BCUT2D eigenvalue weighted by Gasteiger charge is 2.33. The minimum absolute atomic E-state index is 0.106. The molecule has 0 aliphatic heterocycles. The van der Waals surface area contributed by atoms with Crippen molar-refractivity contribution in [2.45, 2.75) is 40.5 Å². The number of rotatable bonds is 3. The Kier molecular flexibility index (Phi) is 4.25. The molecule has 1 aliphatic carbocycles. The van der Waals surface area contributed by atoms with Gasteiger partial charge in [0.15, 0.2) is 5.78 Å². The minimum atomic E-state index is -0.106. The quantitative estimate of drug-likeness (QED) is 0.739. The first-order chi connectivity index (χ1) is 13.3. The number of ether oxygens (including phenoxy) is 1. The van der Waals surface area contributed by atoms with Crippen molar-refractivity contribution < 1.29 is 9.53 Å². The molecule has 0 fully saturated rings. The van der Waals surface area contributed by atoms with Gasteiger partial charge in [-0.05, 0) is 31.7 Å². The van der Waals surface area contributed by atoms with Crippen LogP contribution in [0.4, 0.5) is 11.9 Å². The van der Waals surface area contributed by atoms with Crippen LogP contribution in [0, 0.1) is 19.3 Å². The highest BCUT2D eigenvalue weighted by molar-refractivity contribution is 5.99. The molecule has 0 saturated heterocycles. The number of Topliss-reactive ketones (excluding diaryl/α,β-unsaturated/α-hetero) is 1. The molecule has 4 rings (SSSR count). The molecule has 0 unspecified atom stereocenters. The van der Waals surface area contributed by atoms with E-state index in [1.54, 1.807) is 7.11 Å². The number of nitrogens with zero attached hydrogens (tertiary/aromatic N) is 4. The van der Waals surface area contributed by atoms with Gasteiger partial charge in [-0.25, -0.2) is 19.9 Å². The summed E-state index contributed by atoms with van der Waals surface area (Å²) in [5.74, 6) is 1.59. The van der Waals surface area contributed by atoms with Crippen molar-refractivity contribution >= 4 is 28.6 Å².